The molecule has 3 aliphatic rings. The molecule has 3 unspecified atom stereocenters. The van der Waals surface area contributed by atoms with Crippen molar-refractivity contribution in [2.45, 2.75) is 45.6 Å². The molecule has 0 saturated carbocycles. The van der Waals surface area contributed by atoms with Gasteiger partial charge in [-0.3, -0.25) is 19.3 Å². The van der Waals surface area contributed by atoms with E-state index in [4.69, 9.17) is 9.47 Å². The summed E-state index contributed by atoms with van der Waals surface area (Å²) >= 11 is 0. The number of anilines is 1. The van der Waals surface area contributed by atoms with Gasteiger partial charge >= 0.3 is 0 Å². The van der Waals surface area contributed by atoms with E-state index in [0.29, 0.717) is 49.7 Å². The SMILES string of the molecule is CC(C)CC(C(=O)Nc1ccc2c(c1)OCCCO2)N1C(=O)C2CC=CCC2C1=O. The van der Waals surface area contributed by atoms with Gasteiger partial charge in [0.25, 0.3) is 0 Å². The van der Waals surface area contributed by atoms with Crippen molar-refractivity contribution in [2.24, 2.45) is 17.8 Å². The highest BCUT2D eigenvalue weighted by molar-refractivity contribution is 6.10. The molecule has 1 N–H and O–H groups in total. The minimum atomic E-state index is -0.827. The number of nitrogens with zero attached hydrogens (tertiary/aromatic N) is 1. The van der Waals surface area contributed by atoms with Gasteiger partial charge in [0.15, 0.2) is 11.5 Å². The van der Waals surface area contributed by atoms with E-state index in [1.165, 1.54) is 4.90 Å². The van der Waals surface area contributed by atoms with E-state index in [1.54, 1.807) is 18.2 Å². The maximum Gasteiger partial charge on any atom is 0.247 e. The van der Waals surface area contributed by atoms with Crippen LogP contribution in [0, 0.1) is 17.8 Å². The lowest BCUT2D eigenvalue weighted by atomic mass is 9.85. The van der Waals surface area contributed by atoms with Crippen LogP contribution >= 0.6 is 0 Å². The number of carbonyl (C=O) groups is 3. The number of ether oxygens (including phenoxy) is 2. The van der Waals surface area contributed by atoms with Crippen LogP contribution in [0.2, 0.25) is 0 Å². The van der Waals surface area contributed by atoms with E-state index in [1.807, 2.05) is 26.0 Å². The first-order chi connectivity index (χ1) is 14.5. The summed E-state index contributed by atoms with van der Waals surface area (Å²) in [5.41, 5.74) is 0.552. The van der Waals surface area contributed by atoms with E-state index in [2.05, 4.69) is 5.32 Å². The lowest BCUT2D eigenvalue weighted by molar-refractivity contribution is -0.147. The lowest BCUT2D eigenvalue weighted by Gasteiger charge is -2.27. The predicted octanol–water partition coefficient (Wildman–Crippen LogP) is 3.15. The number of likely N-dealkylation sites (tertiary alicyclic amines) is 1. The van der Waals surface area contributed by atoms with Crippen LogP contribution in [0.3, 0.4) is 0 Å². The smallest absolute Gasteiger partial charge is 0.247 e. The Labute approximate surface area is 176 Å². The topological polar surface area (TPSA) is 84.9 Å². The summed E-state index contributed by atoms with van der Waals surface area (Å²) in [7, 11) is 0. The van der Waals surface area contributed by atoms with Crippen LogP contribution in [0.15, 0.2) is 30.4 Å². The molecule has 7 heteroatoms. The predicted molar refractivity (Wildman–Crippen MR) is 111 cm³/mol. The van der Waals surface area contributed by atoms with Crippen molar-refractivity contribution < 1.29 is 23.9 Å². The summed E-state index contributed by atoms with van der Waals surface area (Å²) in [4.78, 5) is 40.5. The van der Waals surface area contributed by atoms with E-state index >= 15 is 0 Å². The Morgan fingerprint density at radius 3 is 2.33 bits per heavy atom. The number of imide groups is 1. The zero-order chi connectivity index (χ0) is 21.3. The summed E-state index contributed by atoms with van der Waals surface area (Å²) in [6.07, 6.45) is 6.23. The third-order valence-electron chi connectivity index (χ3n) is 5.87. The van der Waals surface area contributed by atoms with Crippen LogP contribution in [-0.2, 0) is 14.4 Å². The Bertz CT molecular complexity index is 852. The Morgan fingerprint density at radius 1 is 1.07 bits per heavy atom. The summed E-state index contributed by atoms with van der Waals surface area (Å²) in [5.74, 6) is -0.132. The third-order valence-corrected chi connectivity index (χ3v) is 5.87. The van der Waals surface area contributed by atoms with Crippen molar-refractivity contribution in [1.29, 1.82) is 0 Å². The number of carbonyl (C=O) groups excluding carboxylic acids is 3. The number of rotatable bonds is 5. The van der Waals surface area contributed by atoms with Crippen LogP contribution in [0.5, 0.6) is 11.5 Å². The quantitative estimate of drug-likeness (QED) is 0.593. The molecule has 0 radical (unpaired) electrons. The molecule has 3 amide bonds. The van der Waals surface area contributed by atoms with Crippen LogP contribution in [0.25, 0.3) is 0 Å². The van der Waals surface area contributed by atoms with E-state index < -0.39 is 6.04 Å². The molecule has 0 spiro atoms. The van der Waals surface area contributed by atoms with Gasteiger partial charge < -0.3 is 14.8 Å². The first kappa shape index (κ1) is 20.4. The maximum atomic E-state index is 13.2. The molecule has 0 bridgehead atoms. The average molecular weight is 412 g/mol. The molecule has 1 saturated heterocycles. The standard InChI is InChI=1S/C23H28N2O5/c1-14(2)12-18(25-22(27)16-6-3-4-7-17(16)23(25)28)21(26)24-15-8-9-19-20(13-15)30-11-5-10-29-19/h3-4,8-9,13-14,16-18H,5-7,10-12H2,1-2H3,(H,24,26). The van der Waals surface area contributed by atoms with Crippen molar-refractivity contribution in [2.75, 3.05) is 18.5 Å². The van der Waals surface area contributed by atoms with Crippen LogP contribution in [0.4, 0.5) is 5.69 Å². The van der Waals surface area contributed by atoms with Gasteiger partial charge in [0, 0.05) is 18.2 Å². The van der Waals surface area contributed by atoms with E-state index in [0.717, 1.165) is 6.42 Å². The molecule has 2 aliphatic heterocycles. The Balaban J connectivity index is 1.55. The first-order valence-corrected chi connectivity index (χ1v) is 10.7. The summed E-state index contributed by atoms with van der Waals surface area (Å²) in [5, 5.41) is 2.88. The van der Waals surface area contributed by atoms with Crippen molar-refractivity contribution in [3.05, 3.63) is 30.4 Å². The third kappa shape index (κ3) is 3.93. The van der Waals surface area contributed by atoms with Crippen molar-refractivity contribution in [3.63, 3.8) is 0 Å². The zero-order valence-electron chi connectivity index (χ0n) is 17.4. The van der Waals surface area contributed by atoms with Crippen LogP contribution < -0.4 is 14.8 Å². The second-order valence-electron chi connectivity index (χ2n) is 8.55. The molecule has 1 fully saturated rings. The summed E-state index contributed by atoms with van der Waals surface area (Å²) in [6, 6.07) is 4.41. The second-order valence-corrected chi connectivity index (χ2v) is 8.55. The minimum Gasteiger partial charge on any atom is -0.490 e. The van der Waals surface area contributed by atoms with Gasteiger partial charge in [0.1, 0.15) is 6.04 Å². The summed E-state index contributed by atoms with van der Waals surface area (Å²) < 4.78 is 11.3. The first-order valence-electron chi connectivity index (χ1n) is 10.7. The van der Waals surface area contributed by atoms with Gasteiger partial charge in [-0.2, -0.15) is 0 Å². The maximum absolute atomic E-state index is 13.2. The van der Waals surface area contributed by atoms with Gasteiger partial charge in [0.2, 0.25) is 17.7 Å². The Morgan fingerprint density at radius 2 is 1.70 bits per heavy atom. The number of amides is 3. The van der Waals surface area contributed by atoms with Crippen LogP contribution in [0.1, 0.15) is 39.5 Å². The fourth-order valence-electron chi connectivity index (χ4n) is 4.38. The molecular weight excluding hydrogens is 384 g/mol. The highest BCUT2D eigenvalue weighted by atomic mass is 16.5. The molecule has 2 heterocycles. The average Bonchev–Trinajstić information content (AvgIpc) is 2.88. The van der Waals surface area contributed by atoms with Gasteiger partial charge in [-0.05, 0) is 37.3 Å². The normalized spacial score (nSPS) is 23.9. The molecule has 160 valence electrons. The Kier molecular flexibility index (Phi) is 5.79. The van der Waals surface area contributed by atoms with Crippen molar-refractivity contribution >= 4 is 23.4 Å². The molecule has 3 atom stereocenters. The van der Waals surface area contributed by atoms with Gasteiger partial charge in [-0.25, -0.2) is 0 Å². The molecule has 7 nitrogen and oxygen atoms in total. The monoisotopic (exact) mass is 412 g/mol. The van der Waals surface area contributed by atoms with Gasteiger partial charge in [0.05, 0.1) is 25.0 Å². The van der Waals surface area contributed by atoms with Crippen molar-refractivity contribution in [3.8, 4) is 11.5 Å². The molecule has 1 aromatic rings. The van der Waals surface area contributed by atoms with Gasteiger partial charge in [-0.1, -0.05) is 26.0 Å². The number of hydrogen-bond acceptors (Lipinski definition) is 5. The largest absolute Gasteiger partial charge is 0.490 e. The number of nitrogens with one attached hydrogen (secondary N) is 1. The molecule has 4 rings (SSSR count). The fourth-order valence-corrected chi connectivity index (χ4v) is 4.38. The van der Waals surface area contributed by atoms with E-state index in [-0.39, 0.29) is 35.5 Å². The number of fused-ring (bicyclic) bond motifs is 2. The summed E-state index contributed by atoms with van der Waals surface area (Å²) in [6.45, 7) is 5.10. The van der Waals surface area contributed by atoms with Crippen LogP contribution in [-0.4, -0.2) is 41.9 Å². The molecule has 1 aliphatic carbocycles. The highest BCUT2D eigenvalue weighted by Gasteiger charge is 2.51. The zero-order valence-corrected chi connectivity index (χ0v) is 17.4. The lowest BCUT2D eigenvalue weighted by Crippen LogP contribution is -2.48. The van der Waals surface area contributed by atoms with Crippen molar-refractivity contribution in [1.82, 2.24) is 4.90 Å². The fraction of sp³-hybridized carbons (Fsp3) is 0.522. The van der Waals surface area contributed by atoms with Gasteiger partial charge in [-0.15, -0.1) is 0 Å². The molecule has 30 heavy (non-hydrogen) atoms. The van der Waals surface area contributed by atoms with E-state index in [9.17, 15) is 14.4 Å². The number of hydrogen-bond donors (Lipinski definition) is 1. The molecule has 0 aromatic heterocycles. The Hall–Kier alpha value is -2.83. The minimum absolute atomic E-state index is 0.144. The molecular formula is C23H28N2O5. The second kappa shape index (κ2) is 8.50. The number of allylic oxidation sites excluding steroid dienone is 2. The number of benzene rings is 1. The highest BCUT2D eigenvalue weighted by Crippen LogP contribution is 2.37. The molecule has 1 aromatic carbocycles.